The van der Waals surface area contributed by atoms with Gasteiger partial charge in [-0.2, -0.15) is 0 Å². The number of fused-ring (bicyclic) bond motifs is 1. The Hall–Kier alpha value is -1.06. The van der Waals surface area contributed by atoms with Crippen LogP contribution in [0.3, 0.4) is 0 Å². The van der Waals surface area contributed by atoms with E-state index < -0.39 is 5.60 Å². The molecule has 0 amide bonds. The molecule has 1 unspecified atom stereocenters. The highest BCUT2D eigenvalue weighted by Gasteiger charge is 2.20. The van der Waals surface area contributed by atoms with Gasteiger partial charge in [-0.15, -0.1) is 0 Å². The molecule has 1 heterocycles. The van der Waals surface area contributed by atoms with Crippen LogP contribution in [0.2, 0.25) is 0 Å². The molecule has 1 atom stereocenters. The minimum absolute atomic E-state index is 0.585. The van der Waals surface area contributed by atoms with Gasteiger partial charge in [0.2, 0.25) is 0 Å². The first kappa shape index (κ1) is 13.4. The second-order valence-electron chi connectivity index (χ2n) is 5.39. The van der Waals surface area contributed by atoms with E-state index in [0.717, 1.165) is 44.6 Å². The third-order valence-corrected chi connectivity index (χ3v) is 3.62. The molecule has 3 nitrogen and oxygen atoms in total. The van der Waals surface area contributed by atoms with E-state index in [1.807, 2.05) is 14.0 Å². The van der Waals surface area contributed by atoms with E-state index in [1.165, 1.54) is 11.1 Å². The minimum atomic E-state index is -0.585. The Morgan fingerprint density at radius 3 is 3.00 bits per heavy atom. The van der Waals surface area contributed by atoms with Gasteiger partial charge in [0.05, 0.1) is 12.2 Å². The molecule has 0 aliphatic carbocycles. The maximum Gasteiger partial charge on any atom is 0.122 e. The van der Waals surface area contributed by atoms with Crippen molar-refractivity contribution in [3.8, 4) is 5.75 Å². The number of rotatable bonds is 6. The predicted molar refractivity (Wildman–Crippen MR) is 73.1 cm³/mol. The summed E-state index contributed by atoms with van der Waals surface area (Å²) >= 11 is 0. The van der Waals surface area contributed by atoms with Crippen LogP contribution >= 0.6 is 0 Å². The second kappa shape index (κ2) is 5.72. The molecule has 3 heteroatoms. The molecule has 1 aromatic carbocycles. The number of aliphatic hydroxyl groups is 1. The highest BCUT2D eigenvalue weighted by Crippen LogP contribution is 2.27. The van der Waals surface area contributed by atoms with Crippen LogP contribution in [-0.2, 0) is 12.8 Å². The summed E-state index contributed by atoms with van der Waals surface area (Å²) in [7, 11) is 1.91. The Kier molecular flexibility index (Phi) is 4.25. The average Bonchev–Trinajstić information content (AvgIpc) is 2.81. The van der Waals surface area contributed by atoms with Crippen molar-refractivity contribution in [2.24, 2.45) is 0 Å². The van der Waals surface area contributed by atoms with E-state index in [4.69, 9.17) is 4.74 Å². The van der Waals surface area contributed by atoms with Gasteiger partial charge in [0.15, 0.2) is 0 Å². The summed E-state index contributed by atoms with van der Waals surface area (Å²) in [6, 6.07) is 6.38. The van der Waals surface area contributed by atoms with Crippen LogP contribution in [0.25, 0.3) is 0 Å². The van der Waals surface area contributed by atoms with Gasteiger partial charge in [-0.25, -0.2) is 0 Å². The van der Waals surface area contributed by atoms with Crippen molar-refractivity contribution in [3.63, 3.8) is 0 Å². The molecule has 1 aliphatic heterocycles. The van der Waals surface area contributed by atoms with E-state index in [-0.39, 0.29) is 0 Å². The largest absolute Gasteiger partial charge is 0.493 e. The smallest absolute Gasteiger partial charge is 0.122 e. The topological polar surface area (TPSA) is 41.5 Å². The predicted octanol–water partition coefficient (Wildman–Crippen LogP) is 1.91. The minimum Gasteiger partial charge on any atom is -0.493 e. The van der Waals surface area contributed by atoms with Crippen LogP contribution in [0, 0.1) is 0 Å². The Morgan fingerprint density at radius 1 is 1.39 bits per heavy atom. The van der Waals surface area contributed by atoms with Crippen molar-refractivity contribution in [2.75, 3.05) is 20.2 Å². The summed E-state index contributed by atoms with van der Waals surface area (Å²) < 4.78 is 5.49. The van der Waals surface area contributed by atoms with Crippen molar-refractivity contribution in [1.82, 2.24) is 5.32 Å². The molecule has 1 aliphatic rings. The number of benzene rings is 1. The highest BCUT2D eigenvalue weighted by atomic mass is 16.5. The standard InChI is InChI=1S/C15H23NO2/c1-15(17,8-9-16-2)7-5-12-3-4-14-13(11-12)6-10-18-14/h3-4,11,16-17H,5-10H2,1-2H3. The van der Waals surface area contributed by atoms with Crippen LogP contribution in [-0.4, -0.2) is 30.9 Å². The molecule has 0 fully saturated rings. The summed E-state index contributed by atoms with van der Waals surface area (Å²) in [5, 5.41) is 13.3. The molecular formula is C15H23NO2. The first-order valence-corrected chi connectivity index (χ1v) is 6.72. The zero-order valence-electron chi connectivity index (χ0n) is 11.3. The van der Waals surface area contributed by atoms with Gasteiger partial charge in [0, 0.05) is 6.42 Å². The Bertz CT molecular complexity index is 401. The van der Waals surface area contributed by atoms with Crippen molar-refractivity contribution in [1.29, 1.82) is 0 Å². The number of hydrogen-bond acceptors (Lipinski definition) is 3. The maximum atomic E-state index is 10.2. The van der Waals surface area contributed by atoms with Crippen molar-refractivity contribution in [2.45, 2.75) is 38.2 Å². The lowest BCUT2D eigenvalue weighted by atomic mass is 9.93. The van der Waals surface area contributed by atoms with Crippen molar-refractivity contribution in [3.05, 3.63) is 29.3 Å². The molecule has 0 saturated heterocycles. The Labute approximate surface area is 109 Å². The lowest BCUT2D eigenvalue weighted by Crippen LogP contribution is -2.29. The molecule has 1 aromatic rings. The van der Waals surface area contributed by atoms with Gasteiger partial charge in [-0.05, 0) is 57.0 Å². The lowest BCUT2D eigenvalue weighted by molar-refractivity contribution is 0.0430. The first-order valence-electron chi connectivity index (χ1n) is 6.72. The SMILES string of the molecule is CNCCC(C)(O)CCc1ccc2c(c1)CCO2. The summed E-state index contributed by atoms with van der Waals surface area (Å²) in [4.78, 5) is 0. The Morgan fingerprint density at radius 2 is 2.22 bits per heavy atom. The summed E-state index contributed by atoms with van der Waals surface area (Å²) in [5.74, 6) is 1.03. The van der Waals surface area contributed by atoms with Crippen LogP contribution in [0.1, 0.15) is 30.9 Å². The fraction of sp³-hybridized carbons (Fsp3) is 0.600. The summed E-state index contributed by atoms with van der Waals surface area (Å²) in [6.45, 7) is 3.57. The molecule has 0 aromatic heterocycles. The van der Waals surface area contributed by atoms with Gasteiger partial charge in [0.25, 0.3) is 0 Å². The zero-order chi connectivity index (χ0) is 13.0. The monoisotopic (exact) mass is 249 g/mol. The van der Waals surface area contributed by atoms with Crippen molar-refractivity contribution < 1.29 is 9.84 Å². The van der Waals surface area contributed by atoms with E-state index >= 15 is 0 Å². The van der Waals surface area contributed by atoms with Crippen molar-refractivity contribution >= 4 is 0 Å². The molecule has 0 bridgehead atoms. The number of aryl methyl sites for hydroxylation is 1. The molecule has 0 spiro atoms. The Balaban J connectivity index is 1.90. The third kappa shape index (κ3) is 3.47. The fourth-order valence-corrected chi connectivity index (χ4v) is 2.33. The molecule has 100 valence electrons. The van der Waals surface area contributed by atoms with Crippen LogP contribution in [0.4, 0.5) is 0 Å². The lowest BCUT2D eigenvalue weighted by Gasteiger charge is -2.23. The highest BCUT2D eigenvalue weighted by molar-refractivity contribution is 5.39. The number of ether oxygens (including phenoxy) is 1. The van der Waals surface area contributed by atoms with E-state index in [0.29, 0.717) is 0 Å². The van der Waals surface area contributed by atoms with E-state index in [1.54, 1.807) is 0 Å². The fourth-order valence-electron chi connectivity index (χ4n) is 2.33. The van der Waals surface area contributed by atoms with Gasteiger partial charge in [0.1, 0.15) is 5.75 Å². The van der Waals surface area contributed by atoms with Gasteiger partial charge >= 0.3 is 0 Å². The van der Waals surface area contributed by atoms with Crippen LogP contribution in [0.15, 0.2) is 18.2 Å². The number of nitrogens with one attached hydrogen (secondary N) is 1. The van der Waals surface area contributed by atoms with E-state index in [2.05, 4.69) is 23.5 Å². The molecule has 2 N–H and O–H groups in total. The average molecular weight is 249 g/mol. The second-order valence-corrected chi connectivity index (χ2v) is 5.39. The normalized spacial score (nSPS) is 17.1. The van der Waals surface area contributed by atoms with Gasteiger partial charge in [-0.1, -0.05) is 12.1 Å². The maximum absolute atomic E-state index is 10.2. The number of hydrogen-bond donors (Lipinski definition) is 2. The van der Waals surface area contributed by atoms with Gasteiger partial charge < -0.3 is 15.2 Å². The summed E-state index contributed by atoms with van der Waals surface area (Å²) in [5.41, 5.74) is 2.02. The quantitative estimate of drug-likeness (QED) is 0.809. The zero-order valence-corrected chi connectivity index (χ0v) is 11.3. The first-order chi connectivity index (χ1) is 8.61. The van der Waals surface area contributed by atoms with Gasteiger partial charge in [-0.3, -0.25) is 0 Å². The third-order valence-electron chi connectivity index (χ3n) is 3.62. The van der Waals surface area contributed by atoms with Crippen LogP contribution in [0.5, 0.6) is 5.75 Å². The molecule has 0 radical (unpaired) electrons. The van der Waals surface area contributed by atoms with Crippen LogP contribution < -0.4 is 10.1 Å². The summed E-state index contributed by atoms with van der Waals surface area (Å²) in [6.07, 6.45) is 3.52. The van der Waals surface area contributed by atoms with E-state index in [9.17, 15) is 5.11 Å². The molecule has 2 rings (SSSR count). The molecule has 18 heavy (non-hydrogen) atoms. The molecule has 0 saturated carbocycles. The molecular weight excluding hydrogens is 226 g/mol.